The molecule has 0 atom stereocenters. The highest BCUT2D eigenvalue weighted by molar-refractivity contribution is 7.89. The van der Waals surface area contributed by atoms with Crippen LogP contribution in [0.1, 0.15) is 12.5 Å². The minimum Gasteiger partial charge on any atom is -0.267 e. The molecular formula is C17H13Cl2N3O3S. The summed E-state index contributed by atoms with van der Waals surface area (Å²) in [6, 6.07) is 10.5. The standard InChI is InChI=1S/C17H13Cl2N3O3S/c1-10-15(8-11-2-3-12(18)9-16(11)19)17(23)22(21-10)13-4-6-14(7-5-13)26(20,24)25/h2-9H,1H3,(H2,20,24,25)/b15-8-. The van der Waals surface area contributed by atoms with Crippen molar-refractivity contribution in [3.63, 3.8) is 0 Å². The lowest BCUT2D eigenvalue weighted by atomic mass is 10.1. The van der Waals surface area contributed by atoms with Crippen molar-refractivity contribution in [3.8, 4) is 0 Å². The highest BCUT2D eigenvalue weighted by atomic mass is 35.5. The van der Waals surface area contributed by atoms with Crippen molar-refractivity contribution in [1.29, 1.82) is 0 Å². The molecule has 0 aromatic heterocycles. The number of carbonyl (C=O) groups is 1. The van der Waals surface area contributed by atoms with Gasteiger partial charge in [-0.25, -0.2) is 13.6 Å². The van der Waals surface area contributed by atoms with Crippen LogP contribution in [0.4, 0.5) is 5.69 Å². The second-order valence-electron chi connectivity index (χ2n) is 5.57. The van der Waals surface area contributed by atoms with Gasteiger partial charge in [-0.2, -0.15) is 10.1 Å². The SMILES string of the molecule is CC1=NN(c2ccc(S(N)(=O)=O)cc2)C(=O)/C1=C\c1ccc(Cl)cc1Cl. The summed E-state index contributed by atoms with van der Waals surface area (Å²) in [6.45, 7) is 1.70. The molecule has 1 aliphatic rings. The zero-order valence-electron chi connectivity index (χ0n) is 13.5. The van der Waals surface area contributed by atoms with Crippen LogP contribution < -0.4 is 10.1 Å². The summed E-state index contributed by atoms with van der Waals surface area (Å²) in [5.74, 6) is -0.350. The predicted octanol–water partition coefficient (Wildman–Crippen LogP) is 3.45. The molecule has 3 rings (SSSR count). The van der Waals surface area contributed by atoms with E-state index in [9.17, 15) is 13.2 Å². The summed E-state index contributed by atoms with van der Waals surface area (Å²) in [7, 11) is -3.80. The molecule has 2 aromatic rings. The van der Waals surface area contributed by atoms with Crippen molar-refractivity contribution in [2.45, 2.75) is 11.8 Å². The molecule has 134 valence electrons. The number of amides is 1. The van der Waals surface area contributed by atoms with Crippen LogP contribution in [-0.2, 0) is 14.8 Å². The van der Waals surface area contributed by atoms with Crippen LogP contribution in [0.3, 0.4) is 0 Å². The largest absolute Gasteiger partial charge is 0.280 e. The molecule has 1 heterocycles. The van der Waals surface area contributed by atoms with Gasteiger partial charge in [0.05, 0.1) is 21.9 Å². The fourth-order valence-electron chi connectivity index (χ4n) is 2.41. The maximum Gasteiger partial charge on any atom is 0.280 e. The Balaban J connectivity index is 1.94. The average molecular weight is 410 g/mol. The molecule has 1 amide bonds. The Hall–Kier alpha value is -2.19. The summed E-state index contributed by atoms with van der Waals surface area (Å²) < 4.78 is 22.7. The normalized spacial score (nSPS) is 16.3. The monoisotopic (exact) mass is 409 g/mol. The van der Waals surface area contributed by atoms with Crippen LogP contribution >= 0.6 is 23.2 Å². The Morgan fingerprint density at radius 2 is 1.77 bits per heavy atom. The summed E-state index contributed by atoms with van der Waals surface area (Å²) in [5, 5.41) is 11.4. The van der Waals surface area contributed by atoms with E-state index < -0.39 is 10.0 Å². The number of rotatable bonds is 3. The number of hydrazone groups is 1. The van der Waals surface area contributed by atoms with Crippen LogP contribution in [0.25, 0.3) is 6.08 Å². The summed E-state index contributed by atoms with van der Waals surface area (Å²) >= 11 is 12.0. The number of halogens is 2. The molecule has 0 spiro atoms. The Kier molecular flexibility index (Phi) is 4.90. The van der Waals surface area contributed by atoms with Crippen molar-refractivity contribution in [1.82, 2.24) is 0 Å². The molecule has 9 heteroatoms. The molecule has 0 aliphatic carbocycles. The number of primary sulfonamides is 1. The third-order valence-electron chi connectivity index (χ3n) is 3.73. The molecule has 0 unspecified atom stereocenters. The van der Waals surface area contributed by atoms with Gasteiger partial charge in [-0.05, 0) is 55.0 Å². The lowest BCUT2D eigenvalue weighted by Crippen LogP contribution is -2.21. The number of carbonyl (C=O) groups excluding carboxylic acids is 1. The first kappa shape index (κ1) is 18.6. The Bertz CT molecular complexity index is 1060. The van der Waals surface area contributed by atoms with E-state index in [2.05, 4.69) is 5.10 Å². The second kappa shape index (κ2) is 6.85. The van der Waals surface area contributed by atoms with Crippen LogP contribution in [0.2, 0.25) is 10.0 Å². The summed E-state index contributed by atoms with van der Waals surface area (Å²) in [4.78, 5) is 12.7. The minimum absolute atomic E-state index is 0.0442. The zero-order valence-corrected chi connectivity index (χ0v) is 15.8. The predicted molar refractivity (Wildman–Crippen MR) is 103 cm³/mol. The summed E-state index contributed by atoms with van der Waals surface area (Å²) in [5.41, 5.74) is 1.95. The molecule has 0 saturated carbocycles. The van der Waals surface area contributed by atoms with Gasteiger partial charge in [0.2, 0.25) is 10.0 Å². The molecule has 0 radical (unpaired) electrons. The van der Waals surface area contributed by atoms with Crippen molar-refractivity contribution in [2.24, 2.45) is 10.2 Å². The minimum atomic E-state index is -3.80. The number of anilines is 1. The topological polar surface area (TPSA) is 92.8 Å². The molecule has 0 fully saturated rings. The van der Waals surface area contributed by atoms with Gasteiger partial charge in [-0.1, -0.05) is 29.3 Å². The first-order valence-corrected chi connectivity index (χ1v) is 9.67. The number of sulfonamides is 1. The Labute approximate surface area is 160 Å². The highest BCUT2D eigenvalue weighted by Crippen LogP contribution is 2.28. The van der Waals surface area contributed by atoms with Crippen LogP contribution in [0.5, 0.6) is 0 Å². The van der Waals surface area contributed by atoms with E-state index in [0.29, 0.717) is 32.6 Å². The van der Waals surface area contributed by atoms with Crippen LogP contribution in [0, 0.1) is 0 Å². The Morgan fingerprint density at radius 1 is 1.12 bits per heavy atom. The van der Waals surface area contributed by atoms with E-state index in [4.69, 9.17) is 28.3 Å². The molecule has 1 aliphatic heterocycles. The third kappa shape index (κ3) is 3.66. The molecule has 0 bridgehead atoms. The van der Waals surface area contributed by atoms with Crippen molar-refractivity contribution >= 4 is 56.6 Å². The van der Waals surface area contributed by atoms with E-state index >= 15 is 0 Å². The molecular weight excluding hydrogens is 397 g/mol. The molecule has 6 nitrogen and oxygen atoms in total. The number of hydrogen-bond donors (Lipinski definition) is 1. The number of hydrogen-bond acceptors (Lipinski definition) is 4. The van der Waals surface area contributed by atoms with Gasteiger partial charge in [0, 0.05) is 10.0 Å². The quantitative estimate of drug-likeness (QED) is 0.786. The number of nitrogens with two attached hydrogens (primary N) is 1. The van der Waals surface area contributed by atoms with Gasteiger partial charge in [0.25, 0.3) is 5.91 Å². The van der Waals surface area contributed by atoms with E-state index in [1.54, 1.807) is 31.2 Å². The molecule has 26 heavy (non-hydrogen) atoms. The maximum absolute atomic E-state index is 12.7. The first-order valence-electron chi connectivity index (χ1n) is 7.36. The number of benzene rings is 2. The highest BCUT2D eigenvalue weighted by Gasteiger charge is 2.29. The van der Waals surface area contributed by atoms with E-state index in [-0.39, 0.29) is 10.8 Å². The van der Waals surface area contributed by atoms with Crippen LogP contribution in [-0.4, -0.2) is 20.0 Å². The molecule has 2 aromatic carbocycles. The molecule has 2 N–H and O–H groups in total. The van der Waals surface area contributed by atoms with Crippen molar-refractivity contribution < 1.29 is 13.2 Å². The maximum atomic E-state index is 12.7. The van der Waals surface area contributed by atoms with E-state index in [1.807, 2.05) is 0 Å². The second-order valence-corrected chi connectivity index (χ2v) is 7.97. The van der Waals surface area contributed by atoms with E-state index in [1.165, 1.54) is 29.3 Å². The fraction of sp³-hybridized carbons (Fsp3) is 0.0588. The first-order chi connectivity index (χ1) is 12.2. The van der Waals surface area contributed by atoms with Gasteiger partial charge in [0.15, 0.2) is 0 Å². The fourth-order valence-corrected chi connectivity index (χ4v) is 3.39. The van der Waals surface area contributed by atoms with E-state index in [0.717, 1.165) is 0 Å². The van der Waals surface area contributed by atoms with Gasteiger partial charge in [-0.15, -0.1) is 0 Å². The van der Waals surface area contributed by atoms with Gasteiger partial charge in [-0.3, -0.25) is 4.79 Å². The van der Waals surface area contributed by atoms with Crippen molar-refractivity contribution in [3.05, 3.63) is 63.6 Å². The Morgan fingerprint density at radius 3 is 2.35 bits per heavy atom. The number of nitrogens with zero attached hydrogens (tertiary/aromatic N) is 2. The van der Waals surface area contributed by atoms with Crippen LogP contribution in [0.15, 0.2) is 58.0 Å². The smallest absolute Gasteiger partial charge is 0.267 e. The zero-order chi connectivity index (χ0) is 19.1. The summed E-state index contributed by atoms with van der Waals surface area (Å²) in [6.07, 6.45) is 1.64. The average Bonchev–Trinajstić information content (AvgIpc) is 2.84. The third-order valence-corrected chi connectivity index (χ3v) is 5.23. The lowest BCUT2D eigenvalue weighted by molar-refractivity contribution is -0.114. The van der Waals surface area contributed by atoms with Gasteiger partial charge in [0.1, 0.15) is 0 Å². The van der Waals surface area contributed by atoms with Crippen molar-refractivity contribution in [2.75, 3.05) is 5.01 Å². The molecule has 0 saturated heterocycles. The van der Waals surface area contributed by atoms with Gasteiger partial charge < -0.3 is 0 Å². The lowest BCUT2D eigenvalue weighted by Gasteiger charge is -2.12. The van der Waals surface area contributed by atoms with Gasteiger partial charge >= 0.3 is 0 Å².